The summed E-state index contributed by atoms with van der Waals surface area (Å²) in [4.78, 5) is 35.8. The van der Waals surface area contributed by atoms with E-state index in [2.05, 4.69) is 9.97 Å². The van der Waals surface area contributed by atoms with Gasteiger partial charge in [-0.3, -0.25) is 4.90 Å². The second kappa shape index (κ2) is 7.78. The summed E-state index contributed by atoms with van der Waals surface area (Å²) in [5.74, 6) is 0.143. The number of hydrogen-bond acceptors (Lipinski definition) is 8. The lowest BCUT2D eigenvalue weighted by molar-refractivity contribution is 0.0545. The van der Waals surface area contributed by atoms with Crippen LogP contribution in [0.3, 0.4) is 0 Å². The van der Waals surface area contributed by atoms with E-state index in [4.69, 9.17) is 9.47 Å². The van der Waals surface area contributed by atoms with E-state index in [1.807, 2.05) is 0 Å². The molecule has 0 bridgehead atoms. The fourth-order valence-electron chi connectivity index (χ4n) is 3.21. The summed E-state index contributed by atoms with van der Waals surface area (Å²) in [5, 5.41) is 20.3. The average molecular weight is 445 g/mol. The van der Waals surface area contributed by atoms with Gasteiger partial charge in [-0.2, -0.15) is 0 Å². The highest BCUT2D eigenvalue weighted by Gasteiger charge is 2.31. The molecule has 0 saturated carbocycles. The first kappa shape index (κ1) is 23.5. The zero-order valence-electron chi connectivity index (χ0n) is 19.5. The summed E-state index contributed by atoms with van der Waals surface area (Å²) < 4.78 is 13.6. The summed E-state index contributed by atoms with van der Waals surface area (Å²) in [5.41, 5.74) is -0.676. The Morgan fingerprint density at radius 1 is 1.09 bits per heavy atom. The smallest absolute Gasteiger partial charge is 0.443 e. The molecule has 0 fully saturated rings. The van der Waals surface area contributed by atoms with Crippen molar-refractivity contribution in [2.45, 2.75) is 52.7 Å². The van der Waals surface area contributed by atoms with Crippen LogP contribution in [-0.2, 0) is 16.5 Å². The number of carbonyl (C=O) groups excluding carboxylic acids is 2. The number of pyridine rings is 1. The average Bonchev–Trinajstić information content (AvgIpc) is 3.18. The minimum absolute atomic E-state index is 0.0869. The monoisotopic (exact) mass is 445 g/mol. The SMILES string of the molecule is CN(C(=O)OC(C)(C)C)c1nc2c(cc(B(O)O)n2C(=O)OC(C)(C)C)c2c1ncn2C. The lowest BCUT2D eigenvalue weighted by Gasteiger charge is -2.24. The summed E-state index contributed by atoms with van der Waals surface area (Å²) in [6.07, 6.45) is 0.0440. The molecule has 0 spiro atoms. The molecule has 11 nitrogen and oxygen atoms in total. The van der Waals surface area contributed by atoms with Crippen LogP contribution in [0.15, 0.2) is 12.4 Å². The number of aryl methyl sites for hydroxylation is 1. The van der Waals surface area contributed by atoms with E-state index >= 15 is 0 Å². The molecule has 0 aliphatic rings. The van der Waals surface area contributed by atoms with Gasteiger partial charge in [-0.25, -0.2) is 24.1 Å². The predicted octanol–water partition coefficient (Wildman–Crippen LogP) is 1.76. The number of ether oxygens (including phenoxy) is 2. The van der Waals surface area contributed by atoms with Crippen LogP contribution in [0.2, 0.25) is 0 Å². The highest BCUT2D eigenvalue weighted by molar-refractivity contribution is 6.59. The van der Waals surface area contributed by atoms with Gasteiger partial charge in [0.2, 0.25) is 0 Å². The van der Waals surface area contributed by atoms with Crippen molar-refractivity contribution in [2.24, 2.45) is 7.05 Å². The molecule has 3 heterocycles. The van der Waals surface area contributed by atoms with E-state index < -0.39 is 30.5 Å². The van der Waals surface area contributed by atoms with Crippen molar-refractivity contribution in [1.29, 1.82) is 0 Å². The molecule has 12 heteroatoms. The fourth-order valence-corrected chi connectivity index (χ4v) is 3.21. The van der Waals surface area contributed by atoms with Gasteiger partial charge in [0.1, 0.15) is 16.7 Å². The van der Waals surface area contributed by atoms with Gasteiger partial charge in [-0.15, -0.1) is 0 Å². The number of imidazole rings is 1. The highest BCUT2D eigenvalue weighted by atomic mass is 16.6. The van der Waals surface area contributed by atoms with Crippen LogP contribution < -0.4 is 10.5 Å². The zero-order valence-corrected chi connectivity index (χ0v) is 19.5. The lowest BCUT2D eigenvalue weighted by atomic mass is 9.86. The second-order valence-electron chi connectivity index (χ2n) is 9.52. The van der Waals surface area contributed by atoms with Crippen molar-refractivity contribution in [1.82, 2.24) is 19.1 Å². The Hall–Kier alpha value is -3.12. The molecule has 1 amide bonds. The molecule has 0 aromatic carbocycles. The largest absolute Gasteiger partial charge is 0.506 e. The number of fused-ring (bicyclic) bond motifs is 3. The maximum absolute atomic E-state index is 13.0. The fraction of sp³-hybridized carbons (Fsp3) is 0.500. The van der Waals surface area contributed by atoms with Gasteiger partial charge >= 0.3 is 19.3 Å². The number of nitrogens with zero attached hydrogens (tertiary/aromatic N) is 5. The molecule has 3 aromatic heterocycles. The zero-order chi connectivity index (χ0) is 24.2. The van der Waals surface area contributed by atoms with Crippen molar-refractivity contribution in [3.05, 3.63) is 12.4 Å². The van der Waals surface area contributed by atoms with E-state index in [9.17, 15) is 19.6 Å². The van der Waals surface area contributed by atoms with Crippen LogP contribution in [-0.4, -0.2) is 66.7 Å². The first-order valence-electron chi connectivity index (χ1n) is 10.0. The summed E-state index contributed by atoms with van der Waals surface area (Å²) in [6, 6.07) is 1.44. The molecule has 0 aliphatic heterocycles. The van der Waals surface area contributed by atoms with Crippen LogP contribution in [0.5, 0.6) is 0 Å². The molecular formula is C20H28BN5O6. The number of hydrogen-bond donors (Lipinski definition) is 2. The Morgan fingerprint density at radius 2 is 1.69 bits per heavy atom. The molecule has 0 unspecified atom stereocenters. The van der Waals surface area contributed by atoms with Gasteiger partial charge in [-0.1, -0.05) is 0 Å². The van der Waals surface area contributed by atoms with Crippen molar-refractivity contribution >= 4 is 52.8 Å². The topological polar surface area (TPSA) is 132 Å². The van der Waals surface area contributed by atoms with Crippen molar-refractivity contribution in [2.75, 3.05) is 11.9 Å². The third-order valence-electron chi connectivity index (χ3n) is 4.44. The van der Waals surface area contributed by atoms with Crippen molar-refractivity contribution in [3.63, 3.8) is 0 Å². The number of rotatable bonds is 2. The minimum atomic E-state index is -1.97. The Balaban J connectivity index is 2.31. The maximum Gasteiger partial charge on any atom is 0.506 e. The van der Waals surface area contributed by atoms with Crippen LogP contribution in [0.25, 0.3) is 22.1 Å². The summed E-state index contributed by atoms with van der Waals surface area (Å²) in [7, 11) is 1.26. The van der Waals surface area contributed by atoms with Gasteiger partial charge in [0.05, 0.1) is 17.4 Å². The first-order valence-corrected chi connectivity index (χ1v) is 10.0. The van der Waals surface area contributed by atoms with Gasteiger partial charge in [0, 0.05) is 19.5 Å². The van der Waals surface area contributed by atoms with Crippen molar-refractivity contribution < 1.29 is 29.1 Å². The Labute approximate surface area is 185 Å². The van der Waals surface area contributed by atoms with Crippen LogP contribution in [0, 0.1) is 0 Å². The van der Waals surface area contributed by atoms with Crippen LogP contribution in [0.4, 0.5) is 15.4 Å². The Morgan fingerprint density at radius 3 is 2.22 bits per heavy atom. The van der Waals surface area contributed by atoms with Gasteiger partial charge < -0.3 is 24.1 Å². The van der Waals surface area contributed by atoms with E-state index in [1.165, 1.54) is 24.3 Å². The maximum atomic E-state index is 13.0. The molecule has 0 atom stereocenters. The van der Waals surface area contributed by atoms with Gasteiger partial charge in [0.25, 0.3) is 0 Å². The molecule has 0 radical (unpaired) electrons. The molecule has 0 aliphatic carbocycles. The third kappa shape index (κ3) is 4.41. The summed E-state index contributed by atoms with van der Waals surface area (Å²) in [6.45, 7) is 10.3. The quantitative estimate of drug-likeness (QED) is 0.571. The number of amides is 1. The van der Waals surface area contributed by atoms with E-state index in [1.54, 1.807) is 53.2 Å². The predicted molar refractivity (Wildman–Crippen MR) is 120 cm³/mol. The van der Waals surface area contributed by atoms with Crippen molar-refractivity contribution in [3.8, 4) is 0 Å². The van der Waals surface area contributed by atoms with E-state index in [-0.39, 0.29) is 17.1 Å². The summed E-state index contributed by atoms with van der Waals surface area (Å²) >= 11 is 0. The first-order chi connectivity index (χ1) is 14.6. The third-order valence-corrected chi connectivity index (χ3v) is 4.44. The molecule has 172 valence electrons. The molecule has 3 rings (SSSR count). The molecule has 3 aromatic rings. The molecule has 2 N–H and O–H groups in total. The van der Waals surface area contributed by atoms with Gasteiger partial charge in [-0.05, 0) is 47.6 Å². The molecule has 32 heavy (non-hydrogen) atoms. The minimum Gasteiger partial charge on any atom is -0.443 e. The number of carbonyl (C=O) groups is 2. The Kier molecular flexibility index (Phi) is 5.73. The normalized spacial score (nSPS) is 12.3. The lowest BCUT2D eigenvalue weighted by Crippen LogP contribution is -2.41. The molecule has 0 saturated heterocycles. The number of anilines is 1. The van der Waals surface area contributed by atoms with Gasteiger partial charge in [0.15, 0.2) is 11.5 Å². The van der Waals surface area contributed by atoms with Crippen LogP contribution in [0.1, 0.15) is 41.5 Å². The second-order valence-corrected chi connectivity index (χ2v) is 9.52. The van der Waals surface area contributed by atoms with E-state index in [0.29, 0.717) is 16.4 Å². The highest BCUT2D eigenvalue weighted by Crippen LogP contribution is 2.31. The number of aromatic nitrogens is 4. The molecular weight excluding hydrogens is 417 g/mol. The Bertz CT molecular complexity index is 1200. The van der Waals surface area contributed by atoms with E-state index in [0.717, 1.165) is 4.57 Å². The van der Waals surface area contributed by atoms with Crippen LogP contribution >= 0.6 is 0 Å². The standard InChI is InChI=1S/C20H28BN5O6/c1-19(2,3)31-17(27)25(8)16-13-14(24(7)10-22-13)11-9-12(21(29)30)26(15(11)23-16)18(28)32-20(4,5)6/h9-10,29-30H,1-8H3.